The summed E-state index contributed by atoms with van der Waals surface area (Å²) < 4.78 is 7.13. The van der Waals surface area contributed by atoms with Crippen LogP contribution in [0.1, 0.15) is 52.3 Å². The lowest BCUT2D eigenvalue weighted by molar-refractivity contribution is -0.155. The number of hydrogen-bond acceptors (Lipinski definition) is 4. The van der Waals surface area contributed by atoms with Gasteiger partial charge in [0.2, 0.25) is 0 Å². The van der Waals surface area contributed by atoms with E-state index in [9.17, 15) is 4.79 Å². The largest absolute Gasteiger partial charge is 0.466 e. The molecule has 2 atom stereocenters. The molecule has 2 N–H and O–H groups in total. The van der Waals surface area contributed by atoms with E-state index >= 15 is 0 Å². The molecule has 0 aliphatic carbocycles. The smallest absolute Gasteiger partial charge is 0.313 e. The molecule has 0 bridgehead atoms. The van der Waals surface area contributed by atoms with Gasteiger partial charge in [-0.15, -0.1) is 0 Å². The van der Waals surface area contributed by atoms with Gasteiger partial charge in [-0.2, -0.15) is 5.10 Å². The summed E-state index contributed by atoms with van der Waals surface area (Å²) in [5, 5.41) is 4.56. The zero-order chi connectivity index (χ0) is 15.2. The zero-order valence-corrected chi connectivity index (χ0v) is 13.1. The second-order valence-corrected chi connectivity index (χ2v) is 5.28. The lowest BCUT2D eigenvalue weighted by atomic mass is 9.80. The summed E-state index contributed by atoms with van der Waals surface area (Å²) in [6, 6.07) is 2.33. The molecule has 1 aromatic heterocycles. The third kappa shape index (κ3) is 3.60. The number of carbonyl (C=O) groups excluding carboxylic acids is 1. The molecule has 114 valence electrons. The van der Waals surface area contributed by atoms with Crippen LogP contribution in [0, 0.1) is 5.41 Å². The van der Waals surface area contributed by atoms with Crippen LogP contribution in [0.2, 0.25) is 0 Å². The number of nitrogens with zero attached hydrogens (tertiary/aromatic N) is 2. The molecule has 20 heavy (non-hydrogen) atoms. The summed E-state index contributed by atoms with van der Waals surface area (Å²) in [7, 11) is 0. The van der Waals surface area contributed by atoms with Crippen LogP contribution in [0.25, 0.3) is 0 Å². The lowest BCUT2D eigenvalue weighted by Crippen LogP contribution is -2.41. The molecule has 0 aromatic carbocycles. The van der Waals surface area contributed by atoms with Crippen molar-refractivity contribution in [3.63, 3.8) is 0 Å². The number of rotatable bonds is 8. The van der Waals surface area contributed by atoms with Gasteiger partial charge >= 0.3 is 5.97 Å². The molecule has 0 saturated heterocycles. The zero-order valence-electron chi connectivity index (χ0n) is 13.1. The van der Waals surface area contributed by atoms with Crippen molar-refractivity contribution in [1.29, 1.82) is 0 Å². The summed E-state index contributed by atoms with van der Waals surface area (Å²) in [6.07, 6.45) is 4.17. The molecular formula is C15H27N3O2. The minimum absolute atomic E-state index is 0.219. The topological polar surface area (TPSA) is 70.1 Å². The summed E-state index contributed by atoms with van der Waals surface area (Å²) in [6.45, 7) is 8.68. The minimum Gasteiger partial charge on any atom is -0.466 e. The Balaban J connectivity index is 2.90. The molecule has 0 fully saturated rings. The highest BCUT2D eigenvalue weighted by atomic mass is 16.5. The van der Waals surface area contributed by atoms with Gasteiger partial charge in [-0.05, 0) is 32.8 Å². The summed E-state index contributed by atoms with van der Waals surface area (Å²) in [5.41, 5.74) is 6.09. The average molecular weight is 281 g/mol. The molecule has 2 unspecified atom stereocenters. The van der Waals surface area contributed by atoms with Crippen molar-refractivity contribution in [3.8, 4) is 0 Å². The molecule has 5 heteroatoms. The Morgan fingerprint density at radius 1 is 1.50 bits per heavy atom. The van der Waals surface area contributed by atoms with Gasteiger partial charge in [0, 0.05) is 25.2 Å². The first kappa shape index (κ1) is 16.7. The van der Waals surface area contributed by atoms with Crippen LogP contribution >= 0.6 is 0 Å². The highest BCUT2D eigenvalue weighted by Gasteiger charge is 2.37. The molecule has 0 radical (unpaired) electrons. The van der Waals surface area contributed by atoms with Gasteiger partial charge in [0.05, 0.1) is 17.7 Å². The molecule has 5 nitrogen and oxygen atoms in total. The fourth-order valence-corrected chi connectivity index (χ4v) is 2.18. The van der Waals surface area contributed by atoms with E-state index < -0.39 is 5.41 Å². The van der Waals surface area contributed by atoms with Gasteiger partial charge in [-0.3, -0.25) is 9.48 Å². The van der Waals surface area contributed by atoms with Crippen molar-refractivity contribution in [2.45, 2.75) is 53.0 Å². The van der Waals surface area contributed by atoms with Gasteiger partial charge in [-0.1, -0.05) is 13.8 Å². The van der Waals surface area contributed by atoms with Gasteiger partial charge in [0.25, 0.3) is 0 Å². The molecule has 0 aliphatic heterocycles. The van der Waals surface area contributed by atoms with E-state index in [-0.39, 0.29) is 12.5 Å². The number of esters is 1. The third-order valence-corrected chi connectivity index (χ3v) is 4.00. The normalized spacial score (nSPS) is 15.7. The van der Waals surface area contributed by atoms with Crippen LogP contribution < -0.4 is 5.73 Å². The third-order valence-electron chi connectivity index (χ3n) is 4.00. The average Bonchev–Trinajstić information content (AvgIpc) is 2.92. The molecular weight excluding hydrogens is 254 g/mol. The van der Waals surface area contributed by atoms with Crippen molar-refractivity contribution < 1.29 is 9.53 Å². The van der Waals surface area contributed by atoms with Gasteiger partial charge in [0.1, 0.15) is 0 Å². The minimum atomic E-state index is -0.662. The number of nitrogens with two attached hydrogens (primary N) is 1. The Kier molecular flexibility index (Phi) is 6.20. The van der Waals surface area contributed by atoms with Crippen molar-refractivity contribution in [3.05, 3.63) is 18.0 Å². The molecule has 1 rings (SSSR count). The second-order valence-electron chi connectivity index (χ2n) is 5.28. The fraction of sp³-hybridized carbons (Fsp3) is 0.733. The van der Waals surface area contributed by atoms with E-state index in [1.165, 1.54) is 0 Å². The molecule has 0 saturated carbocycles. The molecule has 0 spiro atoms. The predicted molar refractivity (Wildman–Crippen MR) is 79.3 cm³/mol. The Labute approximate surface area is 121 Å². The van der Waals surface area contributed by atoms with Crippen LogP contribution in [-0.2, 0) is 16.0 Å². The van der Waals surface area contributed by atoms with Gasteiger partial charge < -0.3 is 10.5 Å². The highest BCUT2D eigenvalue weighted by Crippen LogP contribution is 2.27. The van der Waals surface area contributed by atoms with Crippen molar-refractivity contribution in [1.82, 2.24) is 9.78 Å². The van der Waals surface area contributed by atoms with E-state index in [0.717, 1.165) is 12.1 Å². The Hall–Kier alpha value is -1.36. The molecule has 1 heterocycles. The summed E-state index contributed by atoms with van der Waals surface area (Å²) >= 11 is 0. The number of ether oxygens (including phenoxy) is 1. The highest BCUT2D eigenvalue weighted by molar-refractivity contribution is 5.77. The first-order chi connectivity index (χ1) is 9.52. The maximum absolute atomic E-state index is 12.2. The number of hydrogen-bond donors (Lipinski definition) is 1. The molecule has 0 aliphatic rings. The Morgan fingerprint density at radius 3 is 2.70 bits per heavy atom. The van der Waals surface area contributed by atoms with Crippen LogP contribution in [0.5, 0.6) is 0 Å². The summed E-state index contributed by atoms with van der Waals surface area (Å²) in [5.74, 6) is -0.219. The van der Waals surface area contributed by atoms with Crippen LogP contribution in [0.3, 0.4) is 0 Å². The standard InChI is InChI=1S/C15H27N3O2/c1-5-12(4)18-9-8-13(17-18)10-15(6-2,11-16)14(19)20-7-3/h8-9,12H,5-7,10-11,16H2,1-4H3. The Bertz CT molecular complexity index is 425. The quantitative estimate of drug-likeness (QED) is 0.742. The van der Waals surface area contributed by atoms with Crippen molar-refractivity contribution >= 4 is 5.97 Å². The monoisotopic (exact) mass is 281 g/mol. The van der Waals surface area contributed by atoms with E-state index in [1.807, 2.05) is 30.8 Å². The van der Waals surface area contributed by atoms with E-state index in [2.05, 4.69) is 18.9 Å². The Morgan fingerprint density at radius 2 is 2.20 bits per heavy atom. The number of aromatic nitrogens is 2. The van der Waals surface area contributed by atoms with Gasteiger partial charge in [0.15, 0.2) is 0 Å². The van der Waals surface area contributed by atoms with Gasteiger partial charge in [-0.25, -0.2) is 0 Å². The van der Waals surface area contributed by atoms with Crippen molar-refractivity contribution in [2.24, 2.45) is 11.1 Å². The maximum Gasteiger partial charge on any atom is 0.313 e. The first-order valence-electron chi connectivity index (χ1n) is 7.44. The number of carbonyl (C=O) groups is 1. The summed E-state index contributed by atoms with van der Waals surface area (Å²) in [4.78, 5) is 12.2. The fourth-order valence-electron chi connectivity index (χ4n) is 2.18. The first-order valence-corrected chi connectivity index (χ1v) is 7.44. The lowest BCUT2D eigenvalue weighted by Gasteiger charge is -2.28. The predicted octanol–water partition coefficient (Wildman–Crippen LogP) is 2.31. The SMILES string of the molecule is CCOC(=O)C(CC)(CN)Cc1ccn(C(C)CC)n1. The molecule has 0 amide bonds. The molecule has 1 aromatic rings. The van der Waals surface area contributed by atoms with E-state index in [4.69, 9.17) is 10.5 Å². The van der Waals surface area contributed by atoms with Crippen molar-refractivity contribution in [2.75, 3.05) is 13.2 Å². The van der Waals surface area contributed by atoms with Crippen LogP contribution in [0.15, 0.2) is 12.3 Å². The van der Waals surface area contributed by atoms with Crippen LogP contribution in [-0.4, -0.2) is 28.9 Å². The van der Waals surface area contributed by atoms with Crippen LogP contribution in [0.4, 0.5) is 0 Å². The second kappa shape index (κ2) is 7.43. The van der Waals surface area contributed by atoms with E-state index in [0.29, 0.717) is 25.5 Å². The maximum atomic E-state index is 12.2. The van der Waals surface area contributed by atoms with E-state index in [1.54, 1.807) is 0 Å².